The average Bonchev–Trinajstić information content (AvgIpc) is 3.37. The van der Waals surface area contributed by atoms with Gasteiger partial charge >= 0.3 is 5.97 Å². The molecule has 0 fully saturated rings. The highest BCUT2D eigenvalue weighted by Gasteiger charge is 2.27. The van der Waals surface area contributed by atoms with E-state index >= 15 is 0 Å². The zero-order chi connectivity index (χ0) is 55.0. The number of nitrogens with one attached hydrogen (secondary N) is 1. The molecule has 0 aliphatic carbocycles. The summed E-state index contributed by atoms with van der Waals surface area (Å²) in [5.41, 5.74) is 0. The van der Waals surface area contributed by atoms with Crippen molar-refractivity contribution in [2.24, 2.45) is 0 Å². The van der Waals surface area contributed by atoms with Gasteiger partial charge < -0.3 is 28.5 Å². The first kappa shape index (κ1) is 71.7. The summed E-state index contributed by atoms with van der Waals surface area (Å²) in [4.78, 5) is 39.9. The Balaban J connectivity index is 5.33. The lowest BCUT2D eigenvalue weighted by molar-refractivity contribution is -0.870. The van der Waals surface area contributed by atoms with E-state index < -0.39 is 26.6 Å². The monoisotopic (exact) mass is 1060 g/mol. The first-order chi connectivity index (χ1) is 36.4. The van der Waals surface area contributed by atoms with E-state index in [1.54, 1.807) is 0 Å². The molecule has 0 bridgehead atoms. The van der Waals surface area contributed by atoms with Crippen molar-refractivity contribution in [2.45, 2.75) is 251 Å². The maximum absolute atomic E-state index is 13.5. The number of likely N-dealkylation sites (N-methyl/N-ethyl adjacent to an activating group) is 1. The predicted octanol–water partition coefficient (Wildman–Crippen LogP) is 17.9. The molecule has 1 amide bonds. The van der Waals surface area contributed by atoms with Crippen LogP contribution in [-0.4, -0.2) is 69.4 Å². The van der Waals surface area contributed by atoms with Crippen molar-refractivity contribution in [1.82, 2.24) is 5.32 Å². The third kappa shape index (κ3) is 55.2. The largest absolute Gasteiger partial charge is 0.756 e. The van der Waals surface area contributed by atoms with E-state index in [4.69, 9.17) is 13.8 Å². The standard InChI is InChI=1S/C65H113N2O7P/c1-7-10-13-16-19-22-25-27-29-31-32-33-34-36-37-39-42-45-48-51-54-57-64(68)66-62(61-73-75(70,71)72-60-59-67(4,5)6)63(56-53-50-47-44-41-24-21-18-15-12-9-3)74-65(69)58-55-52-49-46-43-40-38-35-30-28-26-23-20-17-14-11-8-2/h10,13,19-20,22-23,27-30,32-33,36-38,40,53,56,62-63H,7-9,11-12,14-18,21,24-26,31,34-35,39,41-52,54-55,57-61H2,1-6H3,(H-,66,68,70,71)/b13-10-,22-19-,23-20-,29-27-,30-28-,33-32-,37-36-,40-38-,56-53-. The predicted molar refractivity (Wildman–Crippen MR) is 320 cm³/mol. The third-order valence-electron chi connectivity index (χ3n) is 12.7. The molecule has 0 aromatic carbocycles. The Kier molecular flexibility index (Phi) is 51.6. The molecule has 430 valence electrons. The van der Waals surface area contributed by atoms with Gasteiger partial charge in [-0.2, -0.15) is 0 Å². The Morgan fingerprint density at radius 1 is 0.480 bits per heavy atom. The smallest absolute Gasteiger partial charge is 0.306 e. The van der Waals surface area contributed by atoms with E-state index in [2.05, 4.69) is 123 Å². The average molecular weight is 1070 g/mol. The summed E-state index contributed by atoms with van der Waals surface area (Å²) in [6.45, 7) is 6.65. The van der Waals surface area contributed by atoms with Gasteiger partial charge in [0.2, 0.25) is 5.91 Å². The molecule has 0 spiro atoms. The Morgan fingerprint density at radius 3 is 1.31 bits per heavy atom. The summed E-state index contributed by atoms with van der Waals surface area (Å²) in [5.74, 6) is -0.596. The van der Waals surface area contributed by atoms with E-state index in [-0.39, 0.29) is 31.3 Å². The molecule has 0 aliphatic rings. The Labute approximate surface area is 461 Å². The number of nitrogens with zero attached hydrogens (tertiary/aromatic N) is 1. The van der Waals surface area contributed by atoms with Gasteiger partial charge in [-0.3, -0.25) is 14.2 Å². The van der Waals surface area contributed by atoms with Gasteiger partial charge in [-0.05, 0) is 115 Å². The van der Waals surface area contributed by atoms with Gasteiger partial charge in [0.05, 0.1) is 33.8 Å². The molecule has 75 heavy (non-hydrogen) atoms. The number of amides is 1. The van der Waals surface area contributed by atoms with Gasteiger partial charge in [-0.25, -0.2) is 0 Å². The number of hydrogen-bond donors (Lipinski definition) is 1. The zero-order valence-corrected chi connectivity index (χ0v) is 49.9. The van der Waals surface area contributed by atoms with E-state index in [0.29, 0.717) is 23.9 Å². The number of unbranched alkanes of at least 4 members (excludes halogenated alkanes) is 21. The van der Waals surface area contributed by atoms with E-state index in [1.165, 1.54) is 70.6 Å². The molecule has 0 heterocycles. The maximum Gasteiger partial charge on any atom is 0.306 e. The molecule has 0 aliphatic heterocycles. The number of quaternary nitrogens is 1. The van der Waals surface area contributed by atoms with Crippen molar-refractivity contribution < 1.29 is 37.3 Å². The van der Waals surface area contributed by atoms with Crippen molar-refractivity contribution in [3.63, 3.8) is 0 Å². The van der Waals surface area contributed by atoms with Crippen LogP contribution in [0.2, 0.25) is 0 Å². The lowest BCUT2D eigenvalue weighted by atomic mass is 10.1. The highest BCUT2D eigenvalue weighted by atomic mass is 31.2. The van der Waals surface area contributed by atoms with Crippen LogP contribution in [0.25, 0.3) is 0 Å². The lowest BCUT2D eigenvalue weighted by Gasteiger charge is -2.30. The van der Waals surface area contributed by atoms with Crippen LogP contribution in [0.5, 0.6) is 0 Å². The highest BCUT2D eigenvalue weighted by molar-refractivity contribution is 7.45. The van der Waals surface area contributed by atoms with E-state index in [9.17, 15) is 19.0 Å². The second-order valence-electron chi connectivity index (χ2n) is 21.1. The van der Waals surface area contributed by atoms with Gasteiger partial charge in [0.15, 0.2) is 0 Å². The molecule has 0 saturated carbocycles. The molecule has 0 aromatic rings. The Bertz CT molecular complexity index is 1650. The summed E-state index contributed by atoms with van der Waals surface area (Å²) in [6.07, 6.45) is 73.4. The number of allylic oxidation sites excluding steroid dienone is 17. The van der Waals surface area contributed by atoms with Gasteiger partial charge in [-0.15, -0.1) is 0 Å². The summed E-state index contributed by atoms with van der Waals surface area (Å²) in [7, 11) is 1.14. The van der Waals surface area contributed by atoms with E-state index in [1.807, 2.05) is 33.3 Å². The molecular weight excluding hydrogens is 952 g/mol. The van der Waals surface area contributed by atoms with Crippen LogP contribution >= 0.6 is 7.82 Å². The second-order valence-corrected chi connectivity index (χ2v) is 22.5. The van der Waals surface area contributed by atoms with Crippen molar-refractivity contribution in [2.75, 3.05) is 40.9 Å². The number of carbonyl (C=O) groups is 2. The first-order valence-electron chi connectivity index (χ1n) is 30.2. The third-order valence-corrected chi connectivity index (χ3v) is 13.7. The molecule has 0 radical (unpaired) electrons. The maximum atomic E-state index is 13.5. The topological polar surface area (TPSA) is 114 Å². The number of phosphoric ester groups is 1. The zero-order valence-electron chi connectivity index (χ0n) is 49.0. The molecule has 3 unspecified atom stereocenters. The van der Waals surface area contributed by atoms with Crippen molar-refractivity contribution in [3.8, 4) is 0 Å². The van der Waals surface area contributed by atoms with Gasteiger partial charge in [0, 0.05) is 12.8 Å². The molecule has 0 aromatic heterocycles. The normalized spacial score (nSPS) is 14.5. The number of rotatable bonds is 53. The van der Waals surface area contributed by atoms with Crippen LogP contribution in [-0.2, 0) is 27.9 Å². The van der Waals surface area contributed by atoms with Crippen LogP contribution in [0, 0.1) is 0 Å². The van der Waals surface area contributed by atoms with Crippen LogP contribution < -0.4 is 10.2 Å². The number of phosphoric acid groups is 1. The van der Waals surface area contributed by atoms with Crippen molar-refractivity contribution in [1.29, 1.82) is 0 Å². The van der Waals surface area contributed by atoms with Crippen molar-refractivity contribution in [3.05, 3.63) is 109 Å². The van der Waals surface area contributed by atoms with Gasteiger partial charge in [0.1, 0.15) is 19.3 Å². The minimum atomic E-state index is -4.71. The summed E-state index contributed by atoms with van der Waals surface area (Å²) in [6, 6.07) is -0.915. The fraction of sp³-hybridized carbons (Fsp3) is 0.692. The van der Waals surface area contributed by atoms with Crippen LogP contribution in [0.15, 0.2) is 109 Å². The Morgan fingerprint density at radius 2 is 0.853 bits per heavy atom. The number of hydrogen-bond acceptors (Lipinski definition) is 7. The fourth-order valence-corrected chi connectivity index (χ4v) is 8.75. The summed E-state index contributed by atoms with van der Waals surface area (Å²) in [5, 5.41) is 3.01. The number of ether oxygens (including phenoxy) is 1. The molecule has 0 saturated heterocycles. The molecule has 10 heteroatoms. The van der Waals surface area contributed by atoms with Gasteiger partial charge in [-0.1, -0.05) is 220 Å². The summed E-state index contributed by atoms with van der Waals surface area (Å²) >= 11 is 0. The number of esters is 1. The lowest BCUT2D eigenvalue weighted by Crippen LogP contribution is -2.47. The molecule has 3 atom stereocenters. The van der Waals surface area contributed by atoms with Crippen LogP contribution in [0.4, 0.5) is 0 Å². The van der Waals surface area contributed by atoms with Crippen LogP contribution in [0.3, 0.4) is 0 Å². The number of carbonyl (C=O) groups excluding carboxylic acids is 2. The van der Waals surface area contributed by atoms with Gasteiger partial charge in [0.25, 0.3) is 7.82 Å². The first-order valence-corrected chi connectivity index (χ1v) is 31.7. The minimum absolute atomic E-state index is 0.0360. The highest BCUT2D eigenvalue weighted by Crippen LogP contribution is 2.38. The van der Waals surface area contributed by atoms with Crippen LogP contribution in [0.1, 0.15) is 239 Å². The quantitative estimate of drug-likeness (QED) is 0.0212. The molecule has 9 nitrogen and oxygen atoms in total. The minimum Gasteiger partial charge on any atom is -0.756 e. The molecule has 1 N–H and O–H groups in total. The fourth-order valence-electron chi connectivity index (χ4n) is 8.02. The Hall–Kier alpha value is -3.33. The second kappa shape index (κ2) is 54.0. The summed E-state index contributed by atoms with van der Waals surface area (Å²) < 4.78 is 30.2. The molecule has 0 rings (SSSR count). The molecular formula is C65H113N2O7P. The van der Waals surface area contributed by atoms with E-state index in [0.717, 1.165) is 122 Å². The van der Waals surface area contributed by atoms with Crippen molar-refractivity contribution >= 4 is 19.7 Å². The SMILES string of the molecule is CC/C=C\C/C=C\C/C=C\C/C=C\C/C=C\CCCCCCCC(=O)NC(COP(=O)([O-])OCC[N+](C)(C)C)C(/C=C\CCCCCCCCCCC)OC(=O)CCCCCC/C=C\C/C=C\C/C=C\CCCCC.